The quantitative estimate of drug-likeness (QED) is 0.714. The normalized spacial score (nSPS) is 19.3. The molecule has 0 radical (unpaired) electrons. The van der Waals surface area contributed by atoms with Crippen molar-refractivity contribution in [2.75, 3.05) is 37.4 Å². The third-order valence-corrected chi connectivity index (χ3v) is 5.02. The molecular formula is C20H30N6O. The molecule has 27 heavy (non-hydrogen) atoms. The van der Waals surface area contributed by atoms with E-state index in [2.05, 4.69) is 42.5 Å². The molecule has 1 fully saturated rings. The molecule has 0 amide bonds. The largest absolute Gasteiger partial charge is 0.390 e. The van der Waals surface area contributed by atoms with Crippen molar-refractivity contribution in [2.45, 2.75) is 45.8 Å². The molecule has 2 atom stereocenters. The van der Waals surface area contributed by atoms with Crippen molar-refractivity contribution in [3.63, 3.8) is 0 Å². The Bertz CT molecular complexity index is 807. The minimum Gasteiger partial charge on any atom is -0.390 e. The van der Waals surface area contributed by atoms with E-state index in [1.165, 1.54) is 0 Å². The van der Waals surface area contributed by atoms with Crippen LogP contribution in [0.2, 0.25) is 0 Å². The zero-order valence-electron chi connectivity index (χ0n) is 16.9. The number of aryl methyl sites for hydroxylation is 3. The maximum absolute atomic E-state index is 10.1. The smallest absolute Gasteiger partial charge is 0.148 e. The van der Waals surface area contributed by atoms with E-state index in [1.807, 2.05) is 25.2 Å². The molecule has 0 unspecified atom stereocenters. The van der Waals surface area contributed by atoms with Gasteiger partial charge in [-0.1, -0.05) is 13.8 Å². The van der Waals surface area contributed by atoms with Crippen molar-refractivity contribution < 1.29 is 5.11 Å². The highest BCUT2D eigenvalue weighted by molar-refractivity contribution is 5.68. The Morgan fingerprint density at radius 2 is 1.93 bits per heavy atom. The van der Waals surface area contributed by atoms with E-state index < -0.39 is 6.10 Å². The summed E-state index contributed by atoms with van der Waals surface area (Å²) in [6.45, 7) is 7.59. The number of aromatic nitrogens is 3. The lowest BCUT2D eigenvalue weighted by atomic mass is 10.0. The molecule has 146 valence electrons. The molecule has 0 spiro atoms. The summed E-state index contributed by atoms with van der Waals surface area (Å²) in [5, 5.41) is 16.7. The Balaban J connectivity index is 2.01. The van der Waals surface area contributed by atoms with Crippen LogP contribution in [-0.2, 0) is 12.8 Å². The maximum Gasteiger partial charge on any atom is 0.148 e. The number of hydrogen-bond acceptors (Lipinski definition) is 7. The molecule has 0 saturated carbocycles. The molecule has 2 aromatic rings. The molecule has 7 nitrogen and oxygen atoms in total. The third kappa shape index (κ3) is 4.04. The van der Waals surface area contributed by atoms with Gasteiger partial charge in [0.15, 0.2) is 0 Å². The van der Waals surface area contributed by atoms with E-state index in [0.29, 0.717) is 6.54 Å². The van der Waals surface area contributed by atoms with E-state index in [9.17, 15) is 5.11 Å². The van der Waals surface area contributed by atoms with Crippen molar-refractivity contribution in [1.29, 1.82) is 0 Å². The van der Waals surface area contributed by atoms with Crippen molar-refractivity contribution >= 4 is 11.6 Å². The van der Waals surface area contributed by atoms with Gasteiger partial charge >= 0.3 is 0 Å². The van der Waals surface area contributed by atoms with Crippen LogP contribution in [0.4, 0.5) is 11.6 Å². The van der Waals surface area contributed by atoms with E-state index in [0.717, 1.165) is 59.2 Å². The lowest BCUT2D eigenvalue weighted by molar-refractivity contribution is 0.185. The van der Waals surface area contributed by atoms with E-state index in [1.54, 1.807) is 0 Å². The average Bonchev–Trinajstić information content (AvgIpc) is 3.06. The lowest BCUT2D eigenvalue weighted by Crippen LogP contribution is -2.33. The van der Waals surface area contributed by atoms with E-state index in [4.69, 9.17) is 9.97 Å². The van der Waals surface area contributed by atoms with Crippen LogP contribution in [0.5, 0.6) is 0 Å². The molecule has 1 saturated heterocycles. The molecular weight excluding hydrogens is 340 g/mol. The summed E-state index contributed by atoms with van der Waals surface area (Å²) in [5.41, 5.74) is 4.92. The highest BCUT2D eigenvalue weighted by atomic mass is 16.3. The lowest BCUT2D eigenvalue weighted by Gasteiger charge is -2.20. The molecule has 0 aromatic carbocycles. The number of nitrogens with one attached hydrogen (secondary N) is 2. The van der Waals surface area contributed by atoms with Crippen molar-refractivity contribution in [3.8, 4) is 11.3 Å². The van der Waals surface area contributed by atoms with Gasteiger partial charge in [0.25, 0.3) is 0 Å². The van der Waals surface area contributed by atoms with Crippen molar-refractivity contribution in [1.82, 2.24) is 20.3 Å². The van der Waals surface area contributed by atoms with Crippen LogP contribution < -0.4 is 15.5 Å². The number of pyridine rings is 1. The summed E-state index contributed by atoms with van der Waals surface area (Å²) in [6.07, 6.45) is 3.03. The van der Waals surface area contributed by atoms with Gasteiger partial charge in [0, 0.05) is 38.9 Å². The van der Waals surface area contributed by atoms with Gasteiger partial charge in [-0.3, -0.25) is 0 Å². The molecule has 1 aliphatic heterocycles. The van der Waals surface area contributed by atoms with Gasteiger partial charge in [-0.2, -0.15) is 0 Å². The Labute approximate surface area is 161 Å². The average molecular weight is 371 g/mol. The first kappa shape index (κ1) is 19.5. The molecule has 3 rings (SSSR count). The fourth-order valence-electron chi connectivity index (χ4n) is 3.35. The Morgan fingerprint density at radius 1 is 1.19 bits per heavy atom. The zero-order valence-corrected chi connectivity index (χ0v) is 16.9. The summed E-state index contributed by atoms with van der Waals surface area (Å²) in [4.78, 5) is 16.4. The fraction of sp³-hybridized carbons (Fsp3) is 0.550. The fourth-order valence-corrected chi connectivity index (χ4v) is 3.35. The van der Waals surface area contributed by atoms with Crippen LogP contribution in [0, 0.1) is 6.92 Å². The minimum atomic E-state index is -0.411. The number of aliphatic hydroxyl groups is 1. The second kappa shape index (κ2) is 8.19. The predicted octanol–water partition coefficient (Wildman–Crippen LogP) is 1.78. The number of nitrogens with zero attached hydrogens (tertiary/aromatic N) is 4. The highest BCUT2D eigenvalue weighted by Crippen LogP contribution is 2.29. The summed E-state index contributed by atoms with van der Waals surface area (Å²) < 4.78 is 0. The van der Waals surface area contributed by atoms with Gasteiger partial charge in [-0.05, 0) is 31.4 Å². The van der Waals surface area contributed by atoms with Gasteiger partial charge in [0.1, 0.15) is 11.6 Å². The molecule has 3 heterocycles. The van der Waals surface area contributed by atoms with E-state index in [-0.39, 0.29) is 6.04 Å². The summed E-state index contributed by atoms with van der Waals surface area (Å²) in [5.74, 6) is 1.71. The Hall–Kier alpha value is -2.25. The number of aliphatic hydroxyl groups excluding tert-OH is 1. The molecule has 7 heteroatoms. The Morgan fingerprint density at radius 3 is 2.48 bits per heavy atom. The van der Waals surface area contributed by atoms with Gasteiger partial charge < -0.3 is 20.6 Å². The molecule has 0 aliphatic carbocycles. The van der Waals surface area contributed by atoms with Crippen molar-refractivity contribution in [2.24, 2.45) is 0 Å². The van der Waals surface area contributed by atoms with Gasteiger partial charge in [0.2, 0.25) is 0 Å². The molecule has 2 aromatic heterocycles. The van der Waals surface area contributed by atoms with Gasteiger partial charge in [0.05, 0.1) is 29.2 Å². The van der Waals surface area contributed by atoms with E-state index >= 15 is 0 Å². The molecule has 3 N–H and O–H groups in total. The minimum absolute atomic E-state index is 0.0390. The highest BCUT2D eigenvalue weighted by Gasteiger charge is 2.26. The maximum atomic E-state index is 10.1. The van der Waals surface area contributed by atoms with Crippen LogP contribution in [0.25, 0.3) is 11.3 Å². The first-order valence-electron chi connectivity index (χ1n) is 9.64. The summed E-state index contributed by atoms with van der Waals surface area (Å²) in [7, 11) is 3.97. The topological polar surface area (TPSA) is 86.2 Å². The van der Waals surface area contributed by atoms with Crippen LogP contribution in [0.3, 0.4) is 0 Å². The van der Waals surface area contributed by atoms with Crippen LogP contribution in [-0.4, -0.2) is 59.4 Å². The predicted molar refractivity (Wildman–Crippen MR) is 109 cm³/mol. The summed E-state index contributed by atoms with van der Waals surface area (Å²) in [6, 6.07) is 2.04. The zero-order chi connectivity index (χ0) is 19.6. The second-order valence-electron chi connectivity index (χ2n) is 7.25. The van der Waals surface area contributed by atoms with Crippen LogP contribution in [0.15, 0.2) is 12.3 Å². The third-order valence-electron chi connectivity index (χ3n) is 5.02. The number of β-amino-alcohol motifs (C(OH)–C–C–N with tert-alkyl or cyclic N) is 1. The monoisotopic (exact) mass is 370 g/mol. The molecule has 1 aliphatic rings. The number of hydrogen-bond donors (Lipinski definition) is 3. The van der Waals surface area contributed by atoms with Crippen LogP contribution >= 0.6 is 0 Å². The SMILES string of the molecule is CCc1nc(-c2cnc(N(C)C)cc2C)c(CC)nc1N[C@@H]1CNC[C@@H]1O. The van der Waals surface area contributed by atoms with Crippen LogP contribution in [0.1, 0.15) is 30.8 Å². The number of anilines is 2. The first-order chi connectivity index (χ1) is 12.9. The van der Waals surface area contributed by atoms with Gasteiger partial charge in [-0.25, -0.2) is 15.0 Å². The van der Waals surface area contributed by atoms with Crippen molar-refractivity contribution in [3.05, 3.63) is 29.2 Å². The second-order valence-corrected chi connectivity index (χ2v) is 7.25. The first-order valence-corrected chi connectivity index (χ1v) is 9.64. The molecule has 0 bridgehead atoms. The summed E-state index contributed by atoms with van der Waals surface area (Å²) >= 11 is 0. The standard InChI is InChI=1S/C20H30N6O/c1-6-14-19(13-9-22-18(26(4)5)8-12(13)3)23-15(7-2)20(24-14)25-16-10-21-11-17(16)27/h8-9,16-17,21,27H,6-7,10-11H2,1-5H3,(H,24,25)/t16-,17+/m1/s1. The Kier molecular flexibility index (Phi) is 5.92. The number of rotatable bonds is 6. The van der Waals surface area contributed by atoms with Gasteiger partial charge in [-0.15, -0.1) is 0 Å².